The Morgan fingerprint density at radius 2 is 2.08 bits per heavy atom. The zero-order valence-electron chi connectivity index (χ0n) is 15.6. The quantitative estimate of drug-likeness (QED) is 0.814. The molecule has 0 aromatic rings. The van der Waals surface area contributed by atoms with Crippen LogP contribution in [0.1, 0.15) is 38.5 Å². The van der Waals surface area contributed by atoms with Gasteiger partial charge in [0.05, 0.1) is 31.8 Å². The van der Waals surface area contributed by atoms with Gasteiger partial charge < -0.3 is 24.0 Å². The molecule has 138 valence electrons. The molecule has 4 rings (SSSR count). The van der Waals surface area contributed by atoms with Crippen LogP contribution < -0.4 is 4.90 Å². The van der Waals surface area contributed by atoms with E-state index >= 15 is 0 Å². The lowest BCUT2D eigenvalue weighted by atomic mass is 9.66. The Morgan fingerprint density at radius 1 is 1.21 bits per heavy atom. The largest absolute Gasteiger partial charge is 0.378 e. The van der Waals surface area contributed by atoms with E-state index in [-0.39, 0.29) is 18.3 Å². The number of methoxy groups -OCH3 is 1. The van der Waals surface area contributed by atoms with Crippen molar-refractivity contribution in [3.8, 4) is 0 Å². The van der Waals surface area contributed by atoms with Gasteiger partial charge in [-0.05, 0) is 51.6 Å². The lowest BCUT2D eigenvalue weighted by molar-refractivity contribution is -0.912. The van der Waals surface area contributed by atoms with E-state index in [1.165, 1.54) is 45.2 Å². The Balaban J connectivity index is 1.54. The molecule has 0 radical (unpaired) electrons. The van der Waals surface area contributed by atoms with Crippen molar-refractivity contribution in [2.45, 2.75) is 68.9 Å². The molecule has 3 heterocycles. The highest BCUT2D eigenvalue weighted by atomic mass is 16.7. The van der Waals surface area contributed by atoms with Gasteiger partial charge in [-0.15, -0.1) is 0 Å². The van der Waals surface area contributed by atoms with Crippen LogP contribution in [0.2, 0.25) is 0 Å². The molecular weight excluding hydrogens is 304 g/mol. The molecule has 0 aromatic carbocycles. The Labute approximate surface area is 146 Å². The minimum Gasteiger partial charge on any atom is -0.378 e. The Morgan fingerprint density at radius 3 is 2.88 bits per heavy atom. The zero-order chi connectivity index (χ0) is 16.7. The number of ether oxygens (including phenoxy) is 3. The second-order valence-electron chi connectivity index (χ2n) is 8.59. The van der Waals surface area contributed by atoms with Gasteiger partial charge in [0, 0.05) is 25.5 Å². The van der Waals surface area contributed by atoms with E-state index in [9.17, 15) is 0 Å². The van der Waals surface area contributed by atoms with Gasteiger partial charge in [-0.3, -0.25) is 0 Å². The number of nitrogens with one attached hydrogen (secondary N) is 1. The Kier molecular flexibility index (Phi) is 5.17. The van der Waals surface area contributed by atoms with Crippen molar-refractivity contribution in [2.75, 3.05) is 41.1 Å². The molecule has 1 saturated carbocycles. The highest BCUT2D eigenvalue weighted by Crippen LogP contribution is 2.45. The molecule has 0 amide bonds. The molecular formula is C19H35N2O3+. The maximum absolute atomic E-state index is 6.03. The van der Waals surface area contributed by atoms with Crippen molar-refractivity contribution in [3.05, 3.63) is 0 Å². The highest BCUT2D eigenvalue weighted by Gasteiger charge is 2.53. The zero-order valence-corrected chi connectivity index (χ0v) is 15.6. The lowest BCUT2D eigenvalue weighted by Gasteiger charge is -2.52. The summed E-state index contributed by atoms with van der Waals surface area (Å²) in [6.45, 7) is 3.00. The van der Waals surface area contributed by atoms with Crippen LogP contribution in [0.3, 0.4) is 0 Å². The summed E-state index contributed by atoms with van der Waals surface area (Å²) in [6.07, 6.45) is 8.51. The summed E-state index contributed by atoms with van der Waals surface area (Å²) in [4.78, 5) is 4.35. The van der Waals surface area contributed by atoms with Gasteiger partial charge in [-0.2, -0.15) is 0 Å². The number of quaternary nitrogens is 1. The maximum atomic E-state index is 6.03. The van der Waals surface area contributed by atoms with E-state index in [4.69, 9.17) is 14.2 Å². The fraction of sp³-hybridized carbons (Fsp3) is 1.00. The fourth-order valence-electron chi connectivity index (χ4n) is 6.02. The van der Waals surface area contributed by atoms with Crippen molar-refractivity contribution >= 4 is 0 Å². The lowest BCUT2D eigenvalue weighted by Crippen LogP contribution is -3.14. The van der Waals surface area contributed by atoms with Gasteiger partial charge in [0.1, 0.15) is 12.9 Å². The van der Waals surface area contributed by atoms with Gasteiger partial charge >= 0.3 is 0 Å². The third-order valence-electron chi connectivity index (χ3n) is 7.42. The minimum atomic E-state index is 0.140. The molecule has 4 aliphatic rings. The van der Waals surface area contributed by atoms with Crippen LogP contribution in [-0.4, -0.2) is 76.4 Å². The molecule has 24 heavy (non-hydrogen) atoms. The van der Waals surface area contributed by atoms with E-state index in [0.717, 1.165) is 18.4 Å². The SMILES string of the molecule is COC1C2OCOC2CC2CCN(C)[C@@H](CC3CCCC[NH+]3C)C21. The third-order valence-corrected chi connectivity index (χ3v) is 7.42. The minimum absolute atomic E-state index is 0.140. The molecule has 1 N–H and O–H groups in total. The summed E-state index contributed by atoms with van der Waals surface area (Å²) < 4.78 is 17.8. The van der Waals surface area contributed by atoms with E-state index in [2.05, 4.69) is 19.0 Å². The molecule has 4 fully saturated rings. The van der Waals surface area contributed by atoms with Crippen molar-refractivity contribution < 1.29 is 19.1 Å². The van der Waals surface area contributed by atoms with Crippen LogP contribution in [0.25, 0.3) is 0 Å². The van der Waals surface area contributed by atoms with Crippen LogP contribution >= 0.6 is 0 Å². The molecule has 5 heteroatoms. The monoisotopic (exact) mass is 339 g/mol. The predicted octanol–water partition coefficient (Wildman–Crippen LogP) is 0.540. The molecule has 0 bridgehead atoms. The van der Waals surface area contributed by atoms with Crippen molar-refractivity contribution in [2.24, 2.45) is 11.8 Å². The molecule has 0 aromatic heterocycles. The first-order valence-electron chi connectivity index (χ1n) is 9.97. The first-order chi connectivity index (χ1) is 11.7. The molecule has 0 spiro atoms. The van der Waals surface area contributed by atoms with E-state index in [1.54, 1.807) is 4.90 Å². The van der Waals surface area contributed by atoms with Crippen LogP contribution in [0.5, 0.6) is 0 Å². The van der Waals surface area contributed by atoms with Gasteiger partial charge in [-0.25, -0.2) is 0 Å². The Hall–Kier alpha value is -0.200. The molecule has 5 nitrogen and oxygen atoms in total. The van der Waals surface area contributed by atoms with Crippen LogP contribution in [0.4, 0.5) is 0 Å². The second-order valence-corrected chi connectivity index (χ2v) is 8.59. The number of rotatable bonds is 3. The van der Waals surface area contributed by atoms with Gasteiger partial charge in [0.2, 0.25) is 0 Å². The second kappa shape index (κ2) is 7.20. The molecule has 3 aliphatic heterocycles. The first-order valence-corrected chi connectivity index (χ1v) is 9.97. The van der Waals surface area contributed by atoms with Crippen LogP contribution in [0, 0.1) is 11.8 Å². The number of piperidine rings is 2. The summed E-state index contributed by atoms with van der Waals surface area (Å²) in [5, 5.41) is 0. The summed E-state index contributed by atoms with van der Waals surface area (Å²) in [6, 6.07) is 1.43. The maximum Gasteiger partial charge on any atom is 0.147 e. The van der Waals surface area contributed by atoms with Gasteiger partial charge in [-0.1, -0.05) is 0 Å². The normalized spacial score (nSPS) is 49.6. The number of hydrogen-bond donors (Lipinski definition) is 1. The van der Waals surface area contributed by atoms with Crippen molar-refractivity contribution in [1.29, 1.82) is 0 Å². The predicted molar refractivity (Wildman–Crippen MR) is 92.1 cm³/mol. The average Bonchev–Trinajstić information content (AvgIpc) is 3.05. The smallest absolute Gasteiger partial charge is 0.147 e. The van der Waals surface area contributed by atoms with E-state index in [1.807, 2.05) is 7.11 Å². The van der Waals surface area contributed by atoms with Gasteiger partial charge in [0.25, 0.3) is 0 Å². The third kappa shape index (κ3) is 3.03. The summed E-state index contributed by atoms with van der Waals surface area (Å²) in [7, 11) is 6.59. The summed E-state index contributed by atoms with van der Waals surface area (Å²) in [5.41, 5.74) is 0. The number of hydrogen-bond acceptors (Lipinski definition) is 4. The molecule has 1 aliphatic carbocycles. The summed E-state index contributed by atoms with van der Waals surface area (Å²) >= 11 is 0. The standard InChI is InChI=1S/C19H34N2O3/c1-20-8-5-4-6-14(20)11-15-17-13(7-9-21(15)2)10-16-18(19(17)22-3)24-12-23-16/h13-19H,4-12H2,1-3H3/p+1/t13?,14?,15-,16?,17?,18?,19?/m0/s1. The van der Waals surface area contributed by atoms with Crippen LogP contribution in [-0.2, 0) is 14.2 Å². The number of fused-ring (bicyclic) bond motifs is 2. The molecule has 7 unspecified atom stereocenters. The summed E-state index contributed by atoms with van der Waals surface area (Å²) in [5.74, 6) is 1.31. The fourth-order valence-corrected chi connectivity index (χ4v) is 6.02. The van der Waals surface area contributed by atoms with Crippen molar-refractivity contribution in [1.82, 2.24) is 4.90 Å². The Bertz CT molecular complexity index is 435. The van der Waals surface area contributed by atoms with Crippen LogP contribution in [0.15, 0.2) is 0 Å². The van der Waals surface area contributed by atoms with Crippen molar-refractivity contribution in [3.63, 3.8) is 0 Å². The highest BCUT2D eigenvalue weighted by molar-refractivity contribution is 5.03. The topological polar surface area (TPSA) is 35.4 Å². The molecule has 3 saturated heterocycles. The van der Waals surface area contributed by atoms with E-state index < -0.39 is 0 Å². The molecule has 8 atom stereocenters. The van der Waals surface area contributed by atoms with Gasteiger partial charge in [0.15, 0.2) is 0 Å². The number of likely N-dealkylation sites (tertiary alicyclic amines) is 2. The van der Waals surface area contributed by atoms with E-state index in [0.29, 0.717) is 18.8 Å². The average molecular weight is 340 g/mol. The number of nitrogens with zero attached hydrogens (tertiary/aromatic N) is 1. The first kappa shape index (κ1) is 17.2.